The highest BCUT2D eigenvalue weighted by Crippen LogP contribution is 2.36. The standard InChI is InChI=1S/C11H15N5O3S.H2O/c1-4(17)7-6(18)8(20)11(19-7)16-3-15-5-9(12)13-2-14-10(5)16;/h2-4,6-8,11,17-18,20H,1H3,(H2,12,13,14);1H2/t4?,6-,7-,8-,11-;/m1./s1. The Balaban J connectivity index is 0.00000161. The summed E-state index contributed by atoms with van der Waals surface area (Å²) in [6.45, 7) is 1.56. The fourth-order valence-electron chi connectivity index (χ4n) is 2.37. The largest absolute Gasteiger partial charge is 0.412 e. The van der Waals surface area contributed by atoms with Gasteiger partial charge in [0.25, 0.3) is 0 Å². The number of nitrogens with two attached hydrogens (primary N) is 1. The molecular formula is C11H17N5O4S. The van der Waals surface area contributed by atoms with Crippen LogP contribution in [0.15, 0.2) is 12.7 Å². The van der Waals surface area contributed by atoms with Crippen LogP contribution in [0.2, 0.25) is 0 Å². The first kappa shape index (κ1) is 15.9. The van der Waals surface area contributed by atoms with Gasteiger partial charge in [0.1, 0.15) is 17.9 Å². The minimum Gasteiger partial charge on any atom is -0.412 e. The molecule has 2 aromatic rings. The molecule has 5 atom stereocenters. The van der Waals surface area contributed by atoms with E-state index in [-0.39, 0.29) is 11.3 Å². The van der Waals surface area contributed by atoms with Crippen LogP contribution >= 0.6 is 12.6 Å². The lowest BCUT2D eigenvalue weighted by atomic mass is 10.1. The minimum absolute atomic E-state index is 0. The van der Waals surface area contributed by atoms with Crippen molar-refractivity contribution in [2.75, 3.05) is 5.73 Å². The molecule has 3 rings (SSSR count). The van der Waals surface area contributed by atoms with Crippen molar-refractivity contribution in [2.24, 2.45) is 0 Å². The van der Waals surface area contributed by atoms with Crippen LogP contribution in [0.3, 0.4) is 0 Å². The van der Waals surface area contributed by atoms with E-state index in [4.69, 9.17) is 10.5 Å². The van der Waals surface area contributed by atoms with Crippen LogP contribution in [0.5, 0.6) is 0 Å². The van der Waals surface area contributed by atoms with Crippen molar-refractivity contribution < 1.29 is 20.4 Å². The number of fused-ring (bicyclic) bond motifs is 1. The quantitative estimate of drug-likeness (QED) is 0.493. The molecule has 1 unspecified atom stereocenters. The van der Waals surface area contributed by atoms with Gasteiger partial charge in [0.15, 0.2) is 17.7 Å². The molecule has 0 aliphatic carbocycles. The Morgan fingerprint density at radius 2 is 2.14 bits per heavy atom. The highest BCUT2D eigenvalue weighted by atomic mass is 32.1. The number of ether oxygens (including phenoxy) is 1. The topological polar surface area (TPSA) is 151 Å². The molecule has 21 heavy (non-hydrogen) atoms. The summed E-state index contributed by atoms with van der Waals surface area (Å²) in [5.74, 6) is 0.273. The van der Waals surface area contributed by atoms with Gasteiger partial charge in [0, 0.05) is 0 Å². The van der Waals surface area contributed by atoms with Crippen LogP contribution in [0.1, 0.15) is 13.2 Å². The van der Waals surface area contributed by atoms with Crippen LogP contribution in [0.25, 0.3) is 11.2 Å². The SMILES string of the molecule is CC(O)[C@H]1O[C@@H](n2cnc3c(N)ncnc32)[C@H](S)[C@@H]1O.O. The second kappa shape index (κ2) is 5.73. The highest BCUT2D eigenvalue weighted by Gasteiger charge is 2.45. The van der Waals surface area contributed by atoms with Gasteiger partial charge >= 0.3 is 0 Å². The van der Waals surface area contributed by atoms with Crippen LogP contribution < -0.4 is 5.73 Å². The molecule has 1 aliphatic heterocycles. The molecule has 0 aromatic carbocycles. The summed E-state index contributed by atoms with van der Waals surface area (Å²) in [6, 6.07) is 0. The van der Waals surface area contributed by atoms with Crippen molar-refractivity contribution in [3.05, 3.63) is 12.7 Å². The van der Waals surface area contributed by atoms with Crippen molar-refractivity contribution in [1.29, 1.82) is 0 Å². The molecule has 3 heterocycles. The van der Waals surface area contributed by atoms with E-state index >= 15 is 0 Å². The second-order valence-electron chi connectivity index (χ2n) is 4.80. The number of rotatable bonds is 2. The van der Waals surface area contributed by atoms with E-state index in [1.165, 1.54) is 12.7 Å². The van der Waals surface area contributed by atoms with Gasteiger partial charge in [-0.2, -0.15) is 12.6 Å². The number of aliphatic hydroxyl groups is 2. The minimum atomic E-state index is -0.889. The van der Waals surface area contributed by atoms with Gasteiger partial charge in [-0.1, -0.05) is 0 Å². The van der Waals surface area contributed by atoms with E-state index in [1.54, 1.807) is 11.5 Å². The lowest BCUT2D eigenvalue weighted by Crippen LogP contribution is -2.35. The molecule has 1 aliphatic rings. The summed E-state index contributed by atoms with van der Waals surface area (Å²) in [5.41, 5.74) is 6.69. The van der Waals surface area contributed by atoms with Crippen molar-refractivity contribution in [3.63, 3.8) is 0 Å². The van der Waals surface area contributed by atoms with Gasteiger partial charge in [-0.05, 0) is 6.92 Å². The number of nitrogen functional groups attached to an aromatic ring is 1. The molecule has 10 heteroatoms. The average Bonchev–Trinajstić information content (AvgIpc) is 2.94. The van der Waals surface area contributed by atoms with E-state index in [9.17, 15) is 10.2 Å². The summed E-state index contributed by atoms with van der Waals surface area (Å²) in [7, 11) is 0. The fourth-order valence-corrected chi connectivity index (χ4v) is 2.75. The first-order chi connectivity index (χ1) is 9.50. The van der Waals surface area contributed by atoms with Crippen LogP contribution in [0, 0.1) is 0 Å². The molecule has 116 valence electrons. The smallest absolute Gasteiger partial charge is 0.167 e. The predicted molar refractivity (Wildman–Crippen MR) is 77.7 cm³/mol. The van der Waals surface area contributed by atoms with Gasteiger partial charge < -0.3 is 26.2 Å². The second-order valence-corrected chi connectivity index (χ2v) is 5.39. The third-order valence-electron chi connectivity index (χ3n) is 3.41. The molecule has 0 amide bonds. The van der Waals surface area contributed by atoms with E-state index in [0.717, 1.165) is 0 Å². The van der Waals surface area contributed by atoms with Crippen molar-refractivity contribution in [2.45, 2.75) is 36.7 Å². The maximum atomic E-state index is 10.1. The first-order valence-electron chi connectivity index (χ1n) is 6.13. The molecule has 0 bridgehead atoms. The van der Waals surface area contributed by atoms with Crippen LogP contribution in [-0.2, 0) is 4.74 Å². The summed E-state index contributed by atoms with van der Waals surface area (Å²) in [5, 5.41) is 19.2. The van der Waals surface area contributed by atoms with Crippen LogP contribution in [-0.4, -0.2) is 58.8 Å². The molecular weight excluding hydrogens is 298 g/mol. The van der Waals surface area contributed by atoms with Gasteiger partial charge in [0.05, 0.1) is 23.8 Å². The van der Waals surface area contributed by atoms with Crippen LogP contribution in [0.4, 0.5) is 5.82 Å². The predicted octanol–water partition coefficient (Wildman–Crippen LogP) is -1.48. The zero-order valence-corrected chi connectivity index (χ0v) is 12.1. The fraction of sp³-hybridized carbons (Fsp3) is 0.545. The maximum absolute atomic E-state index is 10.1. The van der Waals surface area contributed by atoms with E-state index < -0.39 is 29.8 Å². The number of anilines is 1. The summed E-state index contributed by atoms with van der Waals surface area (Å²) >= 11 is 4.36. The van der Waals surface area contributed by atoms with Gasteiger partial charge in [-0.15, -0.1) is 0 Å². The monoisotopic (exact) mass is 315 g/mol. The van der Waals surface area contributed by atoms with E-state index in [1.807, 2.05) is 0 Å². The highest BCUT2D eigenvalue weighted by molar-refractivity contribution is 7.81. The Hall–Kier alpha value is -1.46. The van der Waals surface area contributed by atoms with Crippen molar-refractivity contribution in [3.8, 4) is 0 Å². The van der Waals surface area contributed by atoms with Crippen molar-refractivity contribution >= 4 is 29.6 Å². The van der Waals surface area contributed by atoms with Crippen molar-refractivity contribution in [1.82, 2.24) is 19.5 Å². The normalized spacial score (nSPS) is 30.3. The molecule has 0 spiro atoms. The Morgan fingerprint density at radius 1 is 1.43 bits per heavy atom. The number of aliphatic hydroxyl groups excluding tert-OH is 2. The third kappa shape index (κ3) is 2.45. The molecule has 1 saturated heterocycles. The summed E-state index contributed by atoms with van der Waals surface area (Å²) in [6.07, 6.45) is -0.146. The molecule has 0 radical (unpaired) electrons. The molecule has 6 N–H and O–H groups in total. The Bertz CT molecular complexity index is 636. The zero-order valence-electron chi connectivity index (χ0n) is 11.2. The lowest BCUT2D eigenvalue weighted by molar-refractivity contribution is -0.0749. The number of imidazole rings is 1. The van der Waals surface area contributed by atoms with Gasteiger partial charge in [-0.3, -0.25) is 4.57 Å². The summed E-state index contributed by atoms with van der Waals surface area (Å²) in [4.78, 5) is 12.1. The Morgan fingerprint density at radius 3 is 2.76 bits per heavy atom. The third-order valence-corrected chi connectivity index (χ3v) is 3.97. The van der Waals surface area contributed by atoms with E-state index in [0.29, 0.717) is 11.2 Å². The summed E-state index contributed by atoms with van der Waals surface area (Å²) < 4.78 is 7.32. The molecule has 1 fully saturated rings. The van der Waals surface area contributed by atoms with Gasteiger partial charge in [0.2, 0.25) is 0 Å². The number of hydrogen-bond acceptors (Lipinski definition) is 8. The van der Waals surface area contributed by atoms with E-state index in [2.05, 4.69) is 27.6 Å². The maximum Gasteiger partial charge on any atom is 0.167 e. The molecule has 2 aromatic heterocycles. The number of thiol groups is 1. The Kier molecular flexibility index (Phi) is 4.35. The van der Waals surface area contributed by atoms with Gasteiger partial charge in [-0.25, -0.2) is 15.0 Å². The molecule has 0 saturated carbocycles. The number of hydrogen-bond donors (Lipinski definition) is 4. The average molecular weight is 315 g/mol. The lowest BCUT2D eigenvalue weighted by Gasteiger charge is -2.17. The number of aromatic nitrogens is 4. The Labute approximate surface area is 125 Å². The molecule has 9 nitrogen and oxygen atoms in total. The first-order valence-corrected chi connectivity index (χ1v) is 6.65. The zero-order chi connectivity index (χ0) is 14.4. The number of nitrogens with zero attached hydrogens (tertiary/aromatic N) is 4.